The maximum atomic E-state index is 12.7. The lowest BCUT2D eigenvalue weighted by Gasteiger charge is -2.17. The van der Waals surface area contributed by atoms with Crippen LogP contribution in [0.3, 0.4) is 0 Å². The molecule has 0 radical (unpaired) electrons. The van der Waals surface area contributed by atoms with Crippen molar-refractivity contribution in [2.75, 3.05) is 0 Å². The second-order valence-corrected chi connectivity index (χ2v) is 7.12. The lowest BCUT2D eigenvalue weighted by Crippen LogP contribution is -2.29. The predicted octanol–water partition coefficient (Wildman–Crippen LogP) is 4.50. The summed E-state index contributed by atoms with van der Waals surface area (Å²) in [5.74, 6) is -0.0786. The maximum Gasteiger partial charge on any atom is 0.227 e. The number of nitrogens with zero attached hydrogens (tertiary/aromatic N) is 2. The van der Waals surface area contributed by atoms with Gasteiger partial charge in [-0.05, 0) is 41.3 Å². The molecule has 5 heteroatoms. The van der Waals surface area contributed by atoms with E-state index in [1.807, 2.05) is 60.3 Å². The van der Waals surface area contributed by atoms with Crippen LogP contribution < -0.4 is 5.32 Å². The van der Waals surface area contributed by atoms with E-state index in [0.717, 1.165) is 27.6 Å². The van der Waals surface area contributed by atoms with E-state index < -0.39 is 0 Å². The number of hydrogen-bond donors (Lipinski definition) is 1. The molecule has 0 fully saturated rings. The summed E-state index contributed by atoms with van der Waals surface area (Å²) in [6, 6.07) is 18.0. The van der Waals surface area contributed by atoms with Gasteiger partial charge in [0.2, 0.25) is 5.91 Å². The van der Waals surface area contributed by atoms with Gasteiger partial charge in [-0.2, -0.15) is 5.10 Å². The van der Waals surface area contributed by atoms with Gasteiger partial charge in [0.15, 0.2) is 0 Å². The Morgan fingerprint density at radius 1 is 1.12 bits per heavy atom. The Morgan fingerprint density at radius 2 is 1.85 bits per heavy atom. The third kappa shape index (κ3) is 4.61. The smallest absolute Gasteiger partial charge is 0.227 e. The van der Waals surface area contributed by atoms with Crippen LogP contribution in [0.1, 0.15) is 36.0 Å². The van der Waals surface area contributed by atoms with Gasteiger partial charge in [-0.15, -0.1) is 0 Å². The first-order valence-electron chi connectivity index (χ1n) is 8.74. The van der Waals surface area contributed by atoms with Gasteiger partial charge in [-0.1, -0.05) is 59.3 Å². The third-order valence-electron chi connectivity index (χ3n) is 4.46. The maximum absolute atomic E-state index is 12.7. The SMILES string of the molecule is CCC(C(=O)NCc1ccccc1Cn1cccn1)c1ccc(Br)cc1. The summed E-state index contributed by atoms with van der Waals surface area (Å²) in [6.45, 7) is 3.25. The number of carbonyl (C=O) groups is 1. The number of rotatable bonds is 7. The molecule has 1 unspecified atom stereocenters. The second-order valence-electron chi connectivity index (χ2n) is 6.20. The lowest BCUT2D eigenvalue weighted by molar-refractivity contribution is -0.122. The molecule has 0 saturated carbocycles. The first-order valence-corrected chi connectivity index (χ1v) is 9.54. The molecule has 0 aliphatic carbocycles. The first kappa shape index (κ1) is 18.4. The van der Waals surface area contributed by atoms with Crippen molar-refractivity contribution < 1.29 is 4.79 Å². The van der Waals surface area contributed by atoms with E-state index >= 15 is 0 Å². The molecule has 0 aliphatic heterocycles. The first-order chi connectivity index (χ1) is 12.7. The fourth-order valence-corrected chi connectivity index (χ4v) is 3.29. The van der Waals surface area contributed by atoms with Gasteiger partial charge in [-0.3, -0.25) is 9.48 Å². The molecule has 3 rings (SSSR count). The fraction of sp³-hybridized carbons (Fsp3) is 0.238. The number of aromatic nitrogens is 2. The number of benzene rings is 2. The molecule has 4 nitrogen and oxygen atoms in total. The van der Waals surface area contributed by atoms with Crippen molar-refractivity contribution in [1.29, 1.82) is 0 Å². The molecule has 1 N–H and O–H groups in total. The average molecular weight is 412 g/mol. The summed E-state index contributed by atoms with van der Waals surface area (Å²) < 4.78 is 2.90. The quantitative estimate of drug-likeness (QED) is 0.621. The van der Waals surface area contributed by atoms with Crippen molar-refractivity contribution in [2.24, 2.45) is 0 Å². The predicted molar refractivity (Wildman–Crippen MR) is 107 cm³/mol. The highest BCUT2D eigenvalue weighted by Gasteiger charge is 2.18. The number of nitrogens with one attached hydrogen (secondary N) is 1. The van der Waals surface area contributed by atoms with E-state index in [0.29, 0.717) is 13.1 Å². The molecule has 1 atom stereocenters. The highest BCUT2D eigenvalue weighted by Crippen LogP contribution is 2.22. The Labute approximate surface area is 162 Å². The lowest BCUT2D eigenvalue weighted by atomic mass is 9.95. The van der Waals surface area contributed by atoms with Crippen molar-refractivity contribution >= 4 is 21.8 Å². The Balaban J connectivity index is 1.68. The van der Waals surface area contributed by atoms with Crippen LogP contribution in [0.4, 0.5) is 0 Å². The van der Waals surface area contributed by atoms with Crippen LogP contribution in [0.5, 0.6) is 0 Å². The number of carbonyl (C=O) groups excluding carboxylic acids is 1. The monoisotopic (exact) mass is 411 g/mol. The van der Waals surface area contributed by atoms with Gasteiger partial charge in [0.1, 0.15) is 0 Å². The number of amides is 1. The second kappa shape index (κ2) is 8.81. The van der Waals surface area contributed by atoms with Gasteiger partial charge in [-0.25, -0.2) is 0 Å². The molecular weight excluding hydrogens is 390 g/mol. The van der Waals surface area contributed by atoms with Gasteiger partial charge in [0, 0.05) is 23.4 Å². The molecule has 1 heterocycles. The van der Waals surface area contributed by atoms with Gasteiger partial charge >= 0.3 is 0 Å². The van der Waals surface area contributed by atoms with Gasteiger partial charge < -0.3 is 5.32 Å². The van der Waals surface area contributed by atoms with Gasteiger partial charge in [0.05, 0.1) is 12.5 Å². The van der Waals surface area contributed by atoms with Crippen LogP contribution in [0.25, 0.3) is 0 Å². The molecule has 0 bridgehead atoms. The Morgan fingerprint density at radius 3 is 2.50 bits per heavy atom. The van der Waals surface area contributed by atoms with E-state index in [9.17, 15) is 4.79 Å². The van der Waals surface area contributed by atoms with Crippen LogP contribution in [-0.2, 0) is 17.9 Å². The van der Waals surface area contributed by atoms with Crippen LogP contribution >= 0.6 is 15.9 Å². The normalized spacial score (nSPS) is 11.9. The summed E-state index contributed by atoms with van der Waals surface area (Å²) in [5.41, 5.74) is 3.31. The molecule has 0 saturated heterocycles. The topological polar surface area (TPSA) is 46.9 Å². The molecule has 0 aliphatic rings. The minimum Gasteiger partial charge on any atom is -0.351 e. The Kier molecular flexibility index (Phi) is 6.23. The largest absolute Gasteiger partial charge is 0.351 e. The highest BCUT2D eigenvalue weighted by molar-refractivity contribution is 9.10. The van der Waals surface area contributed by atoms with Gasteiger partial charge in [0.25, 0.3) is 0 Å². The van der Waals surface area contributed by atoms with Crippen LogP contribution in [0.2, 0.25) is 0 Å². The molecule has 3 aromatic rings. The van der Waals surface area contributed by atoms with E-state index in [-0.39, 0.29) is 11.8 Å². The van der Waals surface area contributed by atoms with E-state index in [1.165, 1.54) is 0 Å². The minimum absolute atomic E-state index is 0.0590. The summed E-state index contributed by atoms with van der Waals surface area (Å²) in [6.07, 6.45) is 4.48. The standard InChI is InChI=1S/C21H22BrN3O/c1-2-20(16-8-10-19(22)11-9-16)21(26)23-14-17-6-3-4-7-18(17)15-25-13-5-12-24-25/h3-13,20H,2,14-15H2,1H3,(H,23,26). The molecule has 1 amide bonds. The molecular formula is C21H22BrN3O. The zero-order valence-corrected chi connectivity index (χ0v) is 16.3. The van der Waals surface area contributed by atoms with E-state index in [4.69, 9.17) is 0 Å². The molecule has 2 aromatic carbocycles. The summed E-state index contributed by atoms with van der Waals surface area (Å²) in [4.78, 5) is 12.7. The number of hydrogen-bond acceptors (Lipinski definition) is 2. The molecule has 1 aromatic heterocycles. The van der Waals surface area contributed by atoms with Crippen molar-refractivity contribution in [3.63, 3.8) is 0 Å². The van der Waals surface area contributed by atoms with Crippen molar-refractivity contribution in [2.45, 2.75) is 32.4 Å². The Hall–Kier alpha value is -2.40. The van der Waals surface area contributed by atoms with Crippen molar-refractivity contribution in [3.05, 3.63) is 88.2 Å². The zero-order chi connectivity index (χ0) is 18.4. The third-order valence-corrected chi connectivity index (χ3v) is 4.99. The summed E-state index contributed by atoms with van der Waals surface area (Å²) in [5, 5.41) is 7.36. The van der Waals surface area contributed by atoms with Crippen LogP contribution in [0.15, 0.2) is 71.5 Å². The highest BCUT2D eigenvalue weighted by atomic mass is 79.9. The van der Waals surface area contributed by atoms with E-state index in [2.05, 4.69) is 38.5 Å². The van der Waals surface area contributed by atoms with Crippen LogP contribution in [0, 0.1) is 0 Å². The molecule has 26 heavy (non-hydrogen) atoms. The van der Waals surface area contributed by atoms with Crippen molar-refractivity contribution in [3.8, 4) is 0 Å². The Bertz CT molecular complexity index is 844. The average Bonchev–Trinajstić information content (AvgIpc) is 3.16. The molecule has 134 valence electrons. The summed E-state index contributed by atoms with van der Waals surface area (Å²) >= 11 is 3.44. The number of halogens is 1. The van der Waals surface area contributed by atoms with E-state index in [1.54, 1.807) is 6.20 Å². The minimum atomic E-state index is -0.138. The van der Waals surface area contributed by atoms with Crippen molar-refractivity contribution in [1.82, 2.24) is 15.1 Å². The fourth-order valence-electron chi connectivity index (χ4n) is 3.03. The zero-order valence-electron chi connectivity index (χ0n) is 14.7. The summed E-state index contributed by atoms with van der Waals surface area (Å²) in [7, 11) is 0. The molecule has 0 spiro atoms. The van der Waals surface area contributed by atoms with Crippen LogP contribution in [-0.4, -0.2) is 15.7 Å².